The molecule has 0 saturated heterocycles. The van der Waals surface area contributed by atoms with Gasteiger partial charge in [0.25, 0.3) is 0 Å². The lowest BCUT2D eigenvalue weighted by atomic mass is 9.91. The first-order chi connectivity index (χ1) is 15.5. The third-order valence-corrected chi connectivity index (χ3v) is 5.38. The Balaban J connectivity index is 0.00000385. The Labute approximate surface area is 200 Å². The van der Waals surface area contributed by atoms with Gasteiger partial charge in [-0.05, 0) is 35.1 Å². The van der Waals surface area contributed by atoms with E-state index in [-0.39, 0.29) is 24.7 Å². The molecule has 3 aromatic rings. The maximum atomic E-state index is 12.8. The van der Waals surface area contributed by atoms with Crippen LogP contribution in [0.3, 0.4) is 0 Å². The van der Waals surface area contributed by atoms with Crippen LogP contribution in [0.5, 0.6) is 0 Å². The Bertz CT molecular complexity index is 1050. The van der Waals surface area contributed by atoms with Gasteiger partial charge < -0.3 is 15.9 Å². The van der Waals surface area contributed by atoms with Crippen molar-refractivity contribution in [3.63, 3.8) is 0 Å². The number of ketones is 1. The Morgan fingerprint density at radius 2 is 1.39 bits per heavy atom. The van der Waals surface area contributed by atoms with Crippen molar-refractivity contribution in [3.05, 3.63) is 96.1 Å². The number of halogens is 1. The molecule has 0 aliphatic carbocycles. The molecule has 3 N–H and O–H groups in total. The summed E-state index contributed by atoms with van der Waals surface area (Å²) in [6, 6.07) is 26.3. The summed E-state index contributed by atoms with van der Waals surface area (Å²) in [5, 5.41) is 8.28. The quantitative estimate of drug-likeness (QED) is 0.326. The summed E-state index contributed by atoms with van der Waals surface area (Å²) < 4.78 is 5.33. The summed E-state index contributed by atoms with van der Waals surface area (Å²) in [4.78, 5) is 25.2. The van der Waals surface area contributed by atoms with E-state index in [0.717, 1.165) is 22.3 Å². The van der Waals surface area contributed by atoms with Crippen molar-refractivity contribution >= 4 is 29.9 Å². The highest BCUT2D eigenvalue weighted by Gasteiger charge is 2.30. The maximum absolute atomic E-state index is 12.8. The summed E-state index contributed by atoms with van der Waals surface area (Å²) in [5.74, 6) is -2.02. The van der Waals surface area contributed by atoms with E-state index in [0.29, 0.717) is 12.8 Å². The SMILES string of the molecule is CC[C@@H](C(=N)C(=O)[C@@H](N)Cc1ccc(-c2ccccc2)cc1)C(=O)OCc1ccccc1.Cl. The number of benzene rings is 3. The van der Waals surface area contributed by atoms with Crippen LogP contribution in [0.25, 0.3) is 11.1 Å². The lowest BCUT2D eigenvalue weighted by molar-refractivity contribution is -0.147. The molecule has 3 rings (SSSR count). The molecule has 0 aliphatic rings. The first-order valence-electron chi connectivity index (χ1n) is 10.7. The van der Waals surface area contributed by atoms with Crippen LogP contribution in [0, 0.1) is 11.3 Å². The van der Waals surface area contributed by atoms with E-state index in [2.05, 4.69) is 0 Å². The largest absolute Gasteiger partial charge is 0.460 e. The highest BCUT2D eigenvalue weighted by atomic mass is 35.5. The number of ether oxygens (including phenoxy) is 1. The van der Waals surface area contributed by atoms with E-state index < -0.39 is 23.7 Å². The second kappa shape index (κ2) is 12.7. The van der Waals surface area contributed by atoms with Crippen LogP contribution in [-0.2, 0) is 27.4 Å². The van der Waals surface area contributed by atoms with Gasteiger partial charge in [-0.25, -0.2) is 0 Å². The monoisotopic (exact) mass is 464 g/mol. The van der Waals surface area contributed by atoms with Gasteiger partial charge in [0, 0.05) is 0 Å². The lowest BCUT2D eigenvalue weighted by Gasteiger charge is -2.18. The van der Waals surface area contributed by atoms with Gasteiger partial charge in [0.2, 0.25) is 0 Å². The summed E-state index contributed by atoms with van der Waals surface area (Å²) in [6.45, 7) is 1.86. The highest BCUT2D eigenvalue weighted by Crippen LogP contribution is 2.20. The van der Waals surface area contributed by atoms with E-state index >= 15 is 0 Å². The van der Waals surface area contributed by atoms with E-state index in [9.17, 15) is 9.59 Å². The van der Waals surface area contributed by atoms with Crippen LogP contribution in [-0.4, -0.2) is 23.5 Å². The third-order valence-electron chi connectivity index (χ3n) is 5.38. The molecule has 0 saturated carbocycles. The van der Waals surface area contributed by atoms with Crippen LogP contribution in [0.2, 0.25) is 0 Å². The number of rotatable bonds is 10. The normalized spacial score (nSPS) is 12.2. The van der Waals surface area contributed by atoms with E-state index in [1.807, 2.05) is 84.9 Å². The van der Waals surface area contributed by atoms with Crippen molar-refractivity contribution in [2.75, 3.05) is 0 Å². The summed E-state index contributed by atoms with van der Waals surface area (Å²) in [6.07, 6.45) is 0.600. The molecule has 0 bridgehead atoms. The first-order valence-corrected chi connectivity index (χ1v) is 10.7. The molecule has 0 spiro atoms. The number of Topliss-reactive ketones (excluding diaryl/α,β-unsaturated/α-hetero) is 1. The number of carbonyl (C=O) groups excluding carboxylic acids is 2. The molecule has 2 atom stereocenters. The fourth-order valence-electron chi connectivity index (χ4n) is 3.50. The number of nitrogens with two attached hydrogens (primary N) is 1. The van der Waals surface area contributed by atoms with Crippen LogP contribution < -0.4 is 5.73 Å². The predicted molar refractivity (Wildman–Crippen MR) is 134 cm³/mol. The van der Waals surface area contributed by atoms with Crippen molar-refractivity contribution in [1.82, 2.24) is 0 Å². The minimum absolute atomic E-state index is 0. The van der Waals surface area contributed by atoms with E-state index in [1.165, 1.54) is 0 Å². The van der Waals surface area contributed by atoms with Gasteiger partial charge in [-0.1, -0.05) is 91.9 Å². The molecule has 0 aromatic heterocycles. The summed E-state index contributed by atoms with van der Waals surface area (Å²) >= 11 is 0. The Kier molecular flexibility index (Phi) is 9.98. The molecule has 0 fully saturated rings. The molecule has 0 unspecified atom stereocenters. The second-order valence-corrected chi connectivity index (χ2v) is 7.71. The molecule has 0 heterocycles. The van der Waals surface area contributed by atoms with Crippen LogP contribution in [0.1, 0.15) is 24.5 Å². The number of hydrogen-bond acceptors (Lipinski definition) is 5. The lowest BCUT2D eigenvalue weighted by Crippen LogP contribution is -2.42. The number of carbonyl (C=O) groups is 2. The number of esters is 1. The van der Waals surface area contributed by atoms with Gasteiger partial charge in [0.05, 0.1) is 11.8 Å². The zero-order valence-electron chi connectivity index (χ0n) is 18.6. The van der Waals surface area contributed by atoms with Gasteiger partial charge in [0.15, 0.2) is 5.78 Å². The average molecular weight is 465 g/mol. The molecule has 0 aliphatic heterocycles. The average Bonchev–Trinajstić information content (AvgIpc) is 2.84. The fourth-order valence-corrected chi connectivity index (χ4v) is 3.50. The van der Waals surface area contributed by atoms with E-state index in [4.69, 9.17) is 15.9 Å². The highest BCUT2D eigenvalue weighted by molar-refractivity contribution is 6.44. The summed E-state index contributed by atoms with van der Waals surface area (Å²) in [5.41, 5.74) is 9.76. The molecular formula is C27H29ClN2O3. The van der Waals surface area contributed by atoms with Gasteiger partial charge in [0.1, 0.15) is 12.5 Å². The standard InChI is InChI=1S/C27H28N2O3.ClH/c1-2-23(27(31)32-18-20-9-5-3-6-10-20)25(29)26(30)24(28)17-19-13-15-22(16-14-19)21-11-7-4-8-12-21;/h3-16,23-24,29H,2,17-18,28H2,1H3;1H/t23-,24-;/m0./s1. The molecule has 172 valence electrons. The minimum atomic E-state index is -0.919. The molecule has 0 radical (unpaired) electrons. The zero-order valence-corrected chi connectivity index (χ0v) is 19.4. The Morgan fingerprint density at radius 3 is 1.97 bits per heavy atom. The molecular weight excluding hydrogens is 436 g/mol. The Hall–Kier alpha value is -3.28. The summed E-state index contributed by atoms with van der Waals surface area (Å²) in [7, 11) is 0. The van der Waals surface area contributed by atoms with Gasteiger partial charge in [-0.2, -0.15) is 0 Å². The first kappa shape index (κ1) is 26.0. The van der Waals surface area contributed by atoms with Crippen LogP contribution in [0.15, 0.2) is 84.9 Å². The number of nitrogens with one attached hydrogen (secondary N) is 1. The minimum Gasteiger partial charge on any atom is -0.460 e. The molecule has 33 heavy (non-hydrogen) atoms. The van der Waals surface area contributed by atoms with Crippen LogP contribution in [0.4, 0.5) is 0 Å². The second-order valence-electron chi connectivity index (χ2n) is 7.71. The molecule has 5 nitrogen and oxygen atoms in total. The van der Waals surface area contributed by atoms with Gasteiger partial charge >= 0.3 is 5.97 Å². The molecule has 6 heteroatoms. The van der Waals surface area contributed by atoms with Crippen molar-refractivity contribution < 1.29 is 14.3 Å². The van der Waals surface area contributed by atoms with Gasteiger partial charge in [-0.3, -0.25) is 9.59 Å². The predicted octanol–water partition coefficient (Wildman–Crippen LogP) is 5.00. The fraction of sp³-hybridized carbons (Fsp3) is 0.222. The van der Waals surface area contributed by atoms with Crippen molar-refractivity contribution in [2.24, 2.45) is 11.7 Å². The van der Waals surface area contributed by atoms with Crippen molar-refractivity contribution in [2.45, 2.75) is 32.4 Å². The topological polar surface area (TPSA) is 93.2 Å². The molecule has 0 amide bonds. The van der Waals surface area contributed by atoms with Crippen molar-refractivity contribution in [3.8, 4) is 11.1 Å². The van der Waals surface area contributed by atoms with Crippen molar-refractivity contribution in [1.29, 1.82) is 5.41 Å². The van der Waals surface area contributed by atoms with Crippen LogP contribution >= 0.6 is 12.4 Å². The smallest absolute Gasteiger partial charge is 0.315 e. The Morgan fingerprint density at radius 1 is 0.848 bits per heavy atom. The van der Waals surface area contributed by atoms with Gasteiger partial charge in [-0.15, -0.1) is 12.4 Å². The third kappa shape index (κ3) is 7.11. The number of hydrogen-bond donors (Lipinski definition) is 2. The maximum Gasteiger partial charge on any atom is 0.315 e. The zero-order chi connectivity index (χ0) is 22.9. The molecule has 3 aromatic carbocycles. The van der Waals surface area contributed by atoms with E-state index in [1.54, 1.807) is 6.92 Å².